The summed E-state index contributed by atoms with van der Waals surface area (Å²) in [6.07, 6.45) is 0. The minimum Gasteiger partial charge on any atom is -0.741 e. The summed E-state index contributed by atoms with van der Waals surface area (Å²) in [5, 5.41) is 2.46. The number of halogens is 4. The molecule has 0 radical (unpaired) electrons. The van der Waals surface area contributed by atoms with Crippen LogP contribution in [0.4, 0.5) is 13.2 Å². The van der Waals surface area contributed by atoms with Crippen LogP contribution in [0.1, 0.15) is 0 Å². The number of alkyl halides is 3. The van der Waals surface area contributed by atoms with E-state index >= 15 is 0 Å². The van der Waals surface area contributed by atoms with Gasteiger partial charge in [0.05, 0.1) is 0 Å². The van der Waals surface area contributed by atoms with Gasteiger partial charge in [-0.3, -0.25) is 0 Å². The molecule has 0 aromatic heterocycles. The topological polar surface area (TPSA) is 57.2 Å². The van der Waals surface area contributed by atoms with Gasteiger partial charge in [0.15, 0.2) is 10.1 Å². The van der Waals surface area contributed by atoms with Crippen LogP contribution in [0, 0.1) is 10.8 Å². The molecule has 0 aliphatic carbocycles. The predicted molar refractivity (Wildman–Crippen MR) is 67.0 cm³/mol. The van der Waals surface area contributed by atoms with E-state index in [4.69, 9.17) is 13.0 Å². The van der Waals surface area contributed by atoms with Gasteiger partial charge in [0.1, 0.15) is 0 Å². The third-order valence-electron chi connectivity index (χ3n) is 1.97. The fraction of sp³-hybridized carbons (Fsp3) is 0.0769. The molecular weight excluding hydrogens is 329 g/mol. The number of rotatable bonds is 2. The summed E-state index contributed by atoms with van der Waals surface area (Å²) in [5.41, 5.74) is -5.65. The Bertz CT molecular complexity index is 606. The predicted octanol–water partition coefficient (Wildman–Crippen LogP) is 3.35. The van der Waals surface area contributed by atoms with Crippen molar-refractivity contribution in [3.63, 3.8) is 0 Å². The van der Waals surface area contributed by atoms with Crippen molar-refractivity contribution in [2.45, 2.75) is 5.51 Å². The first-order valence-corrected chi connectivity index (χ1v) is 7.63. The Morgan fingerprint density at radius 1 is 0.810 bits per heavy atom. The molecule has 0 saturated carbocycles. The summed E-state index contributed by atoms with van der Waals surface area (Å²) < 4.78 is 58.9. The molecule has 2 aromatic rings. The highest BCUT2D eigenvalue weighted by Gasteiger charge is 2.36. The van der Waals surface area contributed by atoms with Crippen molar-refractivity contribution in [1.82, 2.24) is 0 Å². The van der Waals surface area contributed by atoms with Crippen molar-refractivity contribution >= 4 is 10.1 Å². The maximum Gasteiger partial charge on any atom is 0.485 e. The average molecular weight is 339 g/mol. The Balaban J connectivity index is 0.000000240. The van der Waals surface area contributed by atoms with E-state index in [2.05, 4.69) is 35.1 Å². The van der Waals surface area contributed by atoms with Gasteiger partial charge in [0.2, 0.25) is 20.8 Å². The largest absolute Gasteiger partial charge is 0.741 e. The fourth-order valence-corrected chi connectivity index (χ4v) is 1.88. The molecule has 3 nitrogen and oxygen atoms in total. The summed E-state index contributed by atoms with van der Waals surface area (Å²) in [5.74, 6) is 0. The van der Waals surface area contributed by atoms with Gasteiger partial charge >= 0.3 is 5.51 Å². The van der Waals surface area contributed by atoms with Crippen molar-refractivity contribution in [3.8, 4) is 0 Å². The van der Waals surface area contributed by atoms with Gasteiger partial charge < -0.3 is 4.55 Å². The number of benzene rings is 2. The van der Waals surface area contributed by atoms with E-state index in [-0.39, 0.29) is 0 Å². The van der Waals surface area contributed by atoms with Crippen LogP contribution in [0.5, 0.6) is 0 Å². The lowest BCUT2D eigenvalue weighted by molar-refractivity contribution is -0.535. The Hall–Kier alpha value is -1.57. The second-order valence-corrected chi connectivity index (χ2v) is 6.02. The van der Waals surface area contributed by atoms with Crippen LogP contribution in [-0.2, 0) is 10.1 Å². The highest BCUT2D eigenvalue weighted by atomic mass is 35.5. The fourth-order valence-electron chi connectivity index (χ4n) is 1.08. The molecule has 8 heteroatoms. The molecule has 0 fully saturated rings. The standard InChI is InChI=1S/C12H10Cl.CHF3O3S/c1-3-7-11(8-4-1)13-12-9-5-2-6-10-12;2-1(3,4)8(5,6)7/h1-10H;(H,5,6,7)/q+1;/p-1. The summed E-state index contributed by atoms with van der Waals surface area (Å²) >= 11 is 0. The van der Waals surface area contributed by atoms with Gasteiger partial charge in [-0.05, 0) is 0 Å². The van der Waals surface area contributed by atoms with Crippen LogP contribution < -0.4 is 0 Å². The van der Waals surface area contributed by atoms with Crippen LogP contribution in [-0.4, -0.2) is 18.5 Å². The van der Waals surface area contributed by atoms with Crippen LogP contribution in [0.3, 0.4) is 0 Å². The SMILES string of the molecule is O=S(=O)([O-])C(F)(F)F.c1ccc([Cl+]c2ccccc2)cc1. The molecule has 21 heavy (non-hydrogen) atoms. The molecule has 0 N–H and O–H groups in total. The van der Waals surface area contributed by atoms with E-state index in [1.165, 1.54) is 10.0 Å². The second-order valence-electron chi connectivity index (χ2n) is 3.59. The van der Waals surface area contributed by atoms with E-state index in [1.807, 2.05) is 36.4 Å². The minimum absolute atomic E-state index is 1.23. The zero-order valence-electron chi connectivity index (χ0n) is 10.4. The molecule has 114 valence electrons. The maximum atomic E-state index is 10.7. The van der Waals surface area contributed by atoms with Gasteiger partial charge in [-0.1, -0.05) is 36.4 Å². The van der Waals surface area contributed by atoms with Crippen LogP contribution in [0.2, 0.25) is 10.0 Å². The van der Waals surface area contributed by atoms with Crippen LogP contribution in [0.25, 0.3) is 0 Å². The first kappa shape index (κ1) is 17.5. The molecule has 0 bridgehead atoms. The molecule has 2 aromatic carbocycles. The smallest absolute Gasteiger partial charge is 0.485 e. The van der Waals surface area contributed by atoms with E-state index in [0.29, 0.717) is 0 Å². The van der Waals surface area contributed by atoms with Crippen LogP contribution >= 0.6 is 0 Å². The number of hydrogen-bond acceptors (Lipinski definition) is 3. The first-order chi connectivity index (χ1) is 9.70. The summed E-state index contributed by atoms with van der Waals surface area (Å²) in [6, 6.07) is 20.6. The monoisotopic (exact) mass is 338 g/mol. The third kappa shape index (κ3) is 6.61. The maximum absolute atomic E-state index is 10.7. The Morgan fingerprint density at radius 3 is 1.33 bits per heavy atom. The van der Waals surface area contributed by atoms with Gasteiger partial charge in [0, 0.05) is 24.3 Å². The summed E-state index contributed by atoms with van der Waals surface area (Å²) in [7, 11) is -3.80. The zero-order chi connectivity index (χ0) is 15.9. The minimum atomic E-state index is -6.09. The number of hydrogen-bond donors (Lipinski definition) is 0. The lowest BCUT2D eigenvalue weighted by Gasteiger charge is -2.08. The Labute approximate surface area is 123 Å². The lowest BCUT2D eigenvalue weighted by Crippen LogP contribution is -2.21. The molecule has 2 rings (SSSR count). The van der Waals surface area contributed by atoms with Crippen molar-refractivity contribution in [1.29, 1.82) is 0 Å². The summed E-state index contributed by atoms with van der Waals surface area (Å²) in [6.45, 7) is 0. The van der Waals surface area contributed by atoms with Crippen LogP contribution in [0.15, 0.2) is 60.7 Å². The molecule has 0 spiro atoms. The third-order valence-corrected chi connectivity index (χ3v) is 3.48. The van der Waals surface area contributed by atoms with E-state index in [0.717, 1.165) is 0 Å². The molecule has 0 amide bonds. The molecule has 0 aliphatic heterocycles. The molecule has 0 heterocycles. The highest BCUT2D eigenvalue weighted by Crippen LogP contribution is 2.20. The zero-order valence-corrected chi connectivity index (χ0v) is 12.0. The van der Waals surface area contributed by atoms with Gasteiger partial charge in [-0.2, -0.15) is 13.2 Å². The average Bonchev–Trinajstić information content (AvgIpc) is 2.39. The highest BCUT2D eigenvalue weighted by molar-refractivity contribution is 7.86. The van der Waals surface area contributed by atoms with E-state index in [9.17, 15) is 13.2 Å². The summed E-state index contributed by atoms with van der Waals surface area (Å²) in [4.78, 5) is 0. The first-order valence-electron chi connectivity index (χ1n) is 5.47. The Kier molecular flexibility index (Phi) is 6.19. The van der Waals surface area contributed by atoms with Gasteiger partial charge in [-0.25, -0.2) is 8.42 Å². The molecule has 0 unspecified atom stereocenters. The normalized spacial score (nSPS) is 11.4. The van der Waals surface area contributed by atoms with Crippen molar-refractivity contribution in [2.24, 2.45) is 0 Å². The second kappa shape index (κ2) is 7.44. The van der Waals surface area contributed by atoms with Crippen molar-refractivity contribution in [2.75, 3.05) is 0 Å². The molecule has 0 saturated heterocycles. The van der Waals surface area contributed by atoms with Crippen molar-refractivity contribution in [3.05, 3.63) is 70.7 Å². The molecule has 0 atom stereocenters. The molecule has 0 aliphatic rings. The van der Waals surface area contributed by atoms with Crippen molar-refractivity contribution < 1.29 is 36.9 Å². The van der Waals surface area contributed by atoms with E-state index in [1.54, 1.807) is 0 Å². The lowest BCUT2D eigenvalue weighted by atomic mass is 10.4. The van der Waals surface area contributed by atoms with Gasteiger partial charge in [0.25, 0.3) is 0 Å². The van der Waals surface area contributed by atoms with Gasteiger partial charge in [-0.15, -0.1) is 0 Å². The quantitative estimate of drug-likeness (QED) is 0.623. The van der Waals surface area contributed by atoms with E-state index < -0.39 is 15.6 Å². The Morgan fingerprint density at radius 2 is 1.10 bits per heavy atom. The molecular formula is C13H10ClF3O3S.